The van der Waals surface area contributed by atoms with Crippen molar-refractivity contribution in [2.45, 2.75) is 33.7 Å². The standard InChI is InChI=1S/C15H23ClN2O/c1-11(15(2,3)4)18(5)10-14(19)17-13-8-6-12(16)7-9-13/h6-9,11H,10H2,1-5H3,(H,17,19). The molecular formula is C15H23ClN2O. The Morgan fingerprint density at radius 2 is 1.84 bits per heavy atom. The first-order chi connectivity index (χ1) is 8.70. The summed E-state index contributed by atoms with van der Waals surface area (Å²) in [5.74, 6) is -0.0130. The molecule has 0 saturated heterocycles. The Morgan fingerprint density at radius 1 is 1.32 bits per heavy atom. The highest BCUT2D eigenvalue weighted by Gasteiger charge is 2.24. The molecule has 1 aromatic carbocycles. The van der Waals surface area contributed by atoms with Crippen LogP contribution in [0.25, 0.3) is 0 Å². The van der Waals surface area contributed by atoms with Crippen LogP contribution in [0.5, 0.6) is 0 Å². The number of nitrogens with zero attached hydrogens (tertiary/aromatic N) is 1. The van der Waals surface area contributed by atoms with Gasteiger partial charge in [0.15, 0.2) is 0 Å². The van der Waals surface area contributed by atoms with Gasteiger partial charge in [-0.2, -0.15) is 0 Å². The van der Waals surface area contributed by atoms with E-state index in [1.54, 1.807) is 24.3 Å². The maximum Gasteiger partial charge on any atom is 0.238 e. The third kappa shape index (κ3) is 5.21. The van der Waals surface area contributed by atoms with Crippen molar-refractivity contribution in [3.05, 3.63) is 29.3 Å². The molecule has 0 aliphatic rings. The van der Waals surface area contributed by atoms with Crippen molar-refractivity contribution in [3.63, 3.8) is 0 Å². The van der Waals surface area contributed by atoms with Crippen LogP contribution in [-0.2, 0) is 4.79 Å². The van der Waals surface area contributed by atoms with Crippen LogP contribution < -0.4 is 5.32 Å². The van der Waals surface area contributed by atoms with E-state index < -0.39 is 0 Å². The lowest BCUT2D eigenvalue weighted by molar-refractivity contribution is -0.117. The molecule has 19 heavy (non-hydrogen) atoms. The van der Waals surface area contributed by atoms with E-state index in [1.165, 1.54) is 0 Å². The molecule has 1 unspecified atom stereocenters. The van der Waals surface area contributed by atoms with E-state index in [0.29, 0.717) is 17.6 Å². The topological polar surface area (TPSA) is 32.3 Å². The van der Waals surface area contributed by atoms with Crippen molar-refractivity contribution in [2.24, 2.45) is 5.41 Å². The number of rotatable bonds is 4. The minimum atomic E-state index is -0.0130. The number of benzene rings is 1. The molecule has 1 rings (SSSR count). The maximum absolute atomic E-state index is 12.0. The van der Waals surface area contributed by atoms with Crippen molar-refractivity contribution >= 4 is 23.2 Å². The molecule has 1 atom stereocenters. The number of halogens is 1. The lowest BCUT2D eigenvalue weighted by atomic mass is 9.87. The Balaban J connectivity index is 2.54. The van der Waals surface area contributed by atoms with Gasteiger partial charge in [-0.3, -0.25) is 9.69 Å². The van der Waals surface area contributed by atoms with Crippen LogP contribution in [0.4, 0.5) is 5.69 Å². The normalized spacial score (nSPS) is 13.4. The summed E-state index contributed by atoms with van der Waals surface area (Å²) in [6.45, 7) is 9.03. The van der Waals surface area contributed by atoms with Crippen LogP contribution in [0.2, 0.25) is 5.02 Å². The van der Waals surface area contributed by atoms with Crippen LogP contribution in [-0.4, -0.2) is 30.4 Å². The molecule has 0 fully saturated rings. The van der Waals surface area contributed by atoms with Crippen molar-refractivity contribution in [1.82, 2.24) is 4.90 Å². The molecular weight excluding hydrogens is 260 g/mol. The van der Waals surface area contributed by atoms with Crippen molar-refractivity contribution in [1.29, 1.82) is 0 Å². The number of hydrogen-bond donors (Lipinski definition) is 1. The van der Waals surface area contributed by atoms with Gasteiger partial charge in [0.1, 0.15) is 0 Å². The number of carbonyl (C=O) groups is 1. The molecule has 1 aromatic rings. The summed E-state index contributed by atoms with van der Waals surface area (Å²) in [4.78, 5) is 14.0. The van der Waals surface area contributed by atoms with E-state index in [-0.39, 0.29) is 11.3 Å². The maximum atomic E-state index is 12.0. The van der Waals surface area contributed by atoms with Crippen LogP contribution in [0.15, 0.2) is 24.3 Å². The highest BCUT2D eigenvalue weighted by Crippen LogP contribution is 2.22. The largest absolute Gasteiger partial charge is 0.325 e. The summed E-state index contributed by atoms with van der Waals surface area (Å²) in [5.41, 5.74) is 0.918. The minimum Gasteiger partial charge on any atom is -0.325 e. The second-order valence-corrected chi connectivity index (χ2v) is 6.45. The Morgan fingerprint density at radius 3 is 2.32 bits per heavy atom. The Kier molecular flexibility index (Phi) is 5.39. The van der Waals surface area contributed by atoms with Gasteiger partial charge in [-0.05, 0) is 43.7 Å². The van der Waals surface area contributed by atoms with Crippen molar-refractivity contribution in [2.75, 3.05) is 18.9 Å². The molecule has 0 heterocycles. The first-order valence-electron chi connectivity index (χ1n) is 6.46. The molecule has 4 heteroatoms. The monoisotopic (exact) mass is 282 g/mol. The second kappa shape index (κ2) is 6.40. The van der Waals surface area contributed by atoms with Crippen LogP contribution in [0, 0.1) is 5.41 Å². The Bertz CT molecular complexity index is 423. The van der Waals surface area contributed by atoms with Gasteiger partial charge >= 0.3 is 0 Å². The fourth-order valence-corrected chi connectivity index (χ4v) is 1.88. The number of nitrogens with one attached hydrogen (secondary N) is 1. The molecule has 3 nitrogen and oxygen atoms in total. The van der Waals surface area contributed by atoms with Crippen molar-refractivity contribution in [3.8, 4) is 0 Å². The number of carbonyl (C=O) groups excluding carboxylic acids is 1. The molecule has 0 aliphatic carbocycles. The van der Waals surface area contributed by atoms with Gasteiger partial charge in [-0.1, -0.05) is 32.4 Å². The summed E-state index contributed by atoms with van der Waals surface area (Å²) in [7, 11) is 1.97. The van der Waals surface area contributed by atoms with Crippen LogP contribution in [0.1, 0.15) is 27.7 Å². The zero-order chi connectivity index (χ0) is 14.6. The van der Waals surface area contributed by atoms with Gasteiger partial charge in [0.25, 0.3) is 0 Å². The summed E-state index contributed by atoms with van der Waals surface area (Å²) in [6, 6.07) is 7.45. The van der Waals surface area contributed by atoms with Crippen LogP contribution >= 0.6 is 11.6 Å². The summed E-state index contributed by atoms with van der Waals surface area (Å²) < 4.78 is 0. The molecule has 0 bridgehead atoms. The summed E-state index contributed by atoms with van der Waals surface area (Å²) >= 11 is 5.80. The molecule has 0 aliphatic heterocycles. The summed E-state index contributed by atoms with van der Waals surface area (Å²) in [6.07, 6.45) is 0. The third-order valence-electron chi connectivity index (χ3n) is 3.44. The van der Waals surface area contributed by atoms with Gasteiger partial charge in [0, 0.05) is 16.8 Å². The second-order valence-electron chi connectivity index (χ2n) is 6.01. The molecule has 1 amide bonds. The van der Waals surface area contributed by atoms with E-state index in [9.17, 15) is 4.79 Å². The zero-order valence-corrected chi connectivity index (χ0v) is 13.1. The molecule has 0 radical (unpaired) electrons. The number of amides is 1. The smallest absolute Gasteiger partial charge is 0.238 e. The fraction of sp³-hybridized carbons (Fsp3) is 0.533. The first-order valence-corrected chi connectivity index (χ1v) is 6.83. The van der Waals surface area contributed by atoms with E-state index >= 15 is 0 Å². The minimum absolute atomic E-state index is 0.0130. The molecule has 0 aromatic heterocycles. The predicted molar refractivity (Wildman–Crippen MR) is 81.6 cm³/mol. The first kappa shape index (κ1) is 16.0. The van der Waals surface area contributed by atoms with E-state index in [2.05, 4.69) is 37.9 Å². The van der Waals surface area contributed by atoms with E-state index in [1.807, 2.05) is 7.05 Å². The van der Waals surface area contributed by atoms with Gasteiger partial charge < -0.3 is 5.32 Å². The molecule has 0 spiro atoms. The van der Waals surface area contributed by atoms with Gasteiger partial charge in [0.2, 0.25) is 5.91 Å². The average molecular weight is 283 g/mol. The lowest BCUT2D eigenvalue weighted by Crippen LogP contribution is -2.43. The quantitative estimate of drug-likeness (QED) is 0.914. The number of anilines is 1. The highest BCUT2D eigenvalue weighted by molar-refractivity contribution is 6.30. The van der Waals surface area contributed by atoms with E-state index in [0.717, 1.165) is 5.69 Å². The highest BCUT2D eigenvalue weighted by atomic mass is 35.5. The predicted octanol–water partition coefficient (Wildman–Crippen LogP) is 3.64. The van der Waals surface area contributed by atoms with Gasteiger partial charge in [0.05, 0.1) is 6.54 Å². The molecule has 0 saturated carbocycles. The van der Waals surface area contributed by atoms with Gasteiger partial charge in [-0.15, -0.1) is 0 Å². The summed E-state index contributed by atoms with van der Waals surface area (Å²) in [5, 5.41) is 3.53. The van der Waals surface area contributed by atoms with E-state index in [4.69, 9.17) is 11.6 Å². The van der Waals surface area contributed by atoms with Crippen molar-refractivity contribution < 1.29 is 4.79 Å². The number of likely N-dealkylation sites (N-methyl/N-ethyl adjacent to an activating group) is 1. The molecule has 1 N–H and O–H groups in total. The average Bonchev–Trinajstić information content (AvgIpc) is 2.29. The Labute approximate surface area is 120 Å². The SMILES string of the molecule is CC(N(C)CC(=O)Nc1ccc(Cl)cc1)C(C)(C)C. The van der Waals surface area contributed by atoms with Crippen LogP contribution in [0.3, 0.4) is 0 Å². The molecule has 106 valence electrons. The number of hydrogen-bond acceptors (Lipinski definition) is 2. The Hall–Kier alpha value is -1.06. The zero-order valence-electron chi connectivity index (χ0n) is 12.3. The fourth-order valence-electron chi connectivity index (χ4n) is 1.76. The lowest BCUT2D eigenvalue weighted by Gasteiger charge is -2.34. The van der Waals surface area contributed by atoms with Gasteiger partial charge in [-0.25, -0.2) is 0 Å². The third-order valence-corrected chi connectivity index (χ3v) is 3.69.